The van der Waals surface area contributed by atoms with Crippen molar-refractivity contribution in [1.29, 1.82) is 0 Å². The highest BCUT2D eigenvalue weighted by atomic mass is 16.5. The summed E-state index contributed by atoms with van der Waals surface area (Å²) in [4.78, 5) is 24.5. The van der Waals surface area contributed by atoms with Gasteiger partial charge >= 0.3 is 0 Å². The number of fused-ring (bicyclic) bond motifs is 1. The molecule has 0 fully saturated rings. The Morgan fingerprint density at radius 2 is 1.74 bits per heavy atom. The van der Waals surface area contributed by atoms with Gasteiger partial charge in [0.1, 0.15) is 11.4 Å². The topological polar surface area (TPSA) is 67.5 Å². The highest BCUT2D eigenvalue weighted by molar-refractivity contribution is 5.80. The number of benzene rings is 2. The summed E-state index contributed by atoms with van der Waals surface area (Å²) in [6, 6.07) is 15.9. The van der Waals surface area contributed by atoms with E-state index in [0.29, 0.717) is 11.0 Å². The van der Waals surface area contributed by atoms with Crippen LogP contribution in [0.5, 0.6) is 5.95 Å². The molecule has 0 bridgehead atoms. The molecule has 0 radical (unpaired) electrons. The maximum absolute atomic E-state index is 12.8. The third-order valence-corrected chi connectivity index (χ3v) is 3.86. The van der Waals surface area contributed by atoms with Crippen LogP contribution in [-0.2, 0) is 4.79 Å². The van der Waals surface area contributed by atoms with Crippen molar-refractivity contribution in [2.24, 2.45) is 0 Å². The molecule has 0 aliphatic heterocycles. The quantitative estimate of drug-likeness (QED) is 0.799. The molecule has 116 valence electrons. The minimum absolute atomic E-state index is 0.0641. The zero-order valence-corrected chi connectivity index (χ0v) is 12.7. The van der Waals surface area contributed by atoms with Crippen molar-refractivity contribution in [2.45, 2.75) is 19.3 Å². The molecule has 3 rings (SSSR count). The van der Waals surface area contributed by atoms with Crippen LogP contribution in [0.25, 0.3) is 11.0 Å². The molecule has 0 saturated heterocycles. The number of aromatic hydroxyl groups is 1. The van der Waals surface area contributed by atoms with E-state index in [-0.39, 0.29) is 23.2 Å². The molecule has 23 heavy (non-hydrogen) atoms. The van der Waals surface area contributed by atoms with Crippen molar-refractivity contribution >= 4 is 16.8 Å². The number of carbonyl (C=O) groups is 1. The van der Waals surface area contributed by atoms with Crippen LogP contribution in [0.3, 0.4) is 0 Å². The lowest BCUT2D eigenvalue weighted by Gasteiger charge is -2.16. The standard InChI is InChI=1S/C19H16O4/c1-12(20)11-15(13-7-3-2-4-8-13)17-18(21)14-9-5-6-10-16(14)23-19(17)22/h2-10,15,22H,11H2,1H3/t15-/m0/s1. The molecule has 1 aromatic heterocycles. The normalized spacial score (nSPS) is 12.2. The Bertz CT molecular complexity index is 910. The van der Waals surface area contributed by atoms with E-state index in [2.05, 4.69) is 0 Å². The second-order valence-corrected chi connectivity index (χ2v) is 5.52. The lowest BCUT2D eigenvalue weighted by atomic mass is 9.87. The Hall–Kier alpha value is -2.88. The minimum Gasteiger partial charge on any atom is -0.480 e. The van der Waals surface area contributed by atoms with Gasteiger partial charge in [-0.25, -0.2) is 0 Å². The van der Waals surface area contributed by atoms with Crippen LogP contribution in [0.4, 0.5) is 0 Å². The molecule has 1 N–H and O–H groups in total. The molecular weight excluding hydrogens is 292 g/mol. The molecule has 1 heterocycles. The third-order valence-electron chi connectivity index (χ3n) is 3.86. The fourth-order valence-electron chi connectivity index (χ4n) is 2.81. The maximum atomic E-state index is 12.8. The van der Waals surface area contributed by atoms with Gasteiger partial charge in [-0.3, -0.25) is 9.59 Å². The molecule has 0 spiro atoms. The number of carbonyl (C=O) groups excluding carboxylic acids is 1. The summed E-state index contributed by atoms with van der Waals surface area (Å²) < 4.78 is 5.40. The summed E-state index contributed by atoms with van der Waals surface area (Å²) >= 11 is 0. The summed E-state index contributed by atoms with van der Waals surface area (Å²) in [5.41, 5.74) is 0.943. The average Bonchev–Trinajstić information content (AvgIpc) is 2.54. The van der Waals surface area contributed by atoms with E-state index in [1.807, 2.05) is 30.3 Å². The minimum atomic E-state index is -0.533. The van der Waals surface area contributed by atoms with E-state index in [4.69, 9.17) is 4.42 Å². The van der Waals surface area contributed by atoms with Crippen molar-refractivity contribution < 1.29 is 14.3 Å². The summed E-state index contributed by atoms with van der Waals surface area (Å²) in [5, 5.41) is 10.6. The van der Waals surface area contributed by atoms with E-state index < -0.39 is 11.9 Å². The molecular formula is C19H16O4. The van der Waals surface area contributed by atoms with Crippen LogP contribution < -0.4 is 5.43 Å². The van der Waals surface area contributed by atoms with Gasteiger partial charge in [-0.15, -0.1) is 0 Å². The van der Waals surface area contributed by atoms with E-state index in [1.54, 1.807) is 24.3 Å². The lowest BCUT2D eigenvalue weighted by molar-refractivity contribution is -0.117. The summed E-state index contributed by atoms with van der Waals surface area (Å²) in [5.74, 6) is -1.02. The summed E-state index contributed by atoms with van der Waals surface area (Å²) in [6.45, 7) is 1.47. The Labute approximate surface area is 133 Å². The fourth-order valence-corrected chi connectivity index (χ4v) is 2.81. The SMILES string of the molecule is CC(=O)C[C@@H](c1ccccc1)c1c(O)oc2ccccc2c1=O. The Morgan fingerprint density at radius 3 is 2.43 bits per heavy atom. The predicted molar refractivity (Wildman–Crippen MR) is 87.7 cm³/mol. The molecule has 4 heteroatoms. The second-order valence-electron chi connectivity index (χ2n) is 5.52. The Balaban J connectivity index is 2.26. The molecule has 0 amide bonds. The van der Waals surface area contributed by atoms with Gasteiger partial charge in [0.25, 0.3) is 5.95 Å². The van der Waals surface area contributed by atoms with Crippen molar-refractivity contribution in [3.8, 4) is 5.95 Å². The molecule has 0 aliphatic carbocycles. The van der Waals surface area contributed by atoms with Gasteiger partial charge in [-0.2, -0.15) is 0 Å². The van der Waals surface area contributed by atoms with Crippen LogP contribution in [0.1, 0.15) is 30.4 Å². The van der Waals surface area contributed by atoms with E-state index >= 15 is 0 Å². The monoisotopic (exact) mass is 308 g/mol. The molecule has 2 aromatic carbocycles. The van der Waals surface area contributed by atoms with Gasteiger partial charge in [-0.05, 0) is 24.6 Å². The van der Waals surface area contributed by atoms with Gasteiger partial charge in [-0.1, -0.05) is 42.5 Å². The Morgan fingerprint density at radius 1 is 1.09 bits per heavy atom. The fraction of sp³-hybridized carbons (Fsp3) is 0.158. The molecule has 1 atom stereocenters. The summed E-state index contributed by atoms with van der Waals surface area (Å²) in [6.07, 6.45) is 0.126. The van der Waals surface area contributed by atoms with Gasteiger partial charge < -0.3 is 9.52 Å². The number of hydrogen-bond acceptors (Lipinski definition) is 4. The molecule has 0 saturated carbocycles. The largest absolute Gasteiger partial charge is 0.480 e. The first kappa shape index (κ1) is 15.0. The predicted octanol–water partition coefficient (Wildman–Crippen LogP) is 3.61. The molecule has 0 aliphatic rings. The van der Waals surface area contributed by atoms with Crippen LogP contribution in [0, 0.1) is 0 Å². The number of ketones is 1. The number of Topliss-reactive ketones (excluding diaryl/α,β-unsaturated/α-hetero) is 1. The zero-order chi connectivity index (χ0) is 16.4. The van der Waals surface area contributed by atoms with Gasteiger partial charge in [0.05, 0.1) is 10.9 Å². The molecule has 0 unspecified atom stereocenters. The first-order chi connectivity index (χ1) is 11.1. The summed E-state index contributed by atoms with van der Waals surface area (Å²) in [7, 11) is 0. The Kier molecular flexibility index (Phi) is 3.98. The first-order valence-corrected chi connectivity index (χ1v) is 7.37. The lowest BCUT2D eigenvalue weighted by Crippen LogP contribution is -2.17. The molecule has 3 aromatic rings. The van der Waals surface area contributed by atoms with Gasteiger partial charge in [0.15, 0.2) is 0 Å². The van der Waals surface area contributed by atoms with Crippen molar-refractivity contribution in [2.75, 3.05) is 0 Å². The van der Waals surface area contributed by atoms with Crippen molar-refractivity contribution in [3.63, 3.8) is 0 Å². The highest BCUT2D eigenvalue weighted by Gasteiger charge is 2.25. The van der Waals surface area contributed by atoms with Crippen molar-refractivity contribution in [1.82, 2.24) is 0 Å². The number of hydrogen-bond donors (Lipinski definition) is 1. The van der Waals surface area contributed by atoms with Gasteiger partial charge in [0, 0.05) is 12.3 Å². The first-order valence-electron chi connectivity index (χ1n) is 7.37. The maximum Gasteiger partial charge on any atom is 0.290 e. The van der Waals surface area contributed by atoms with Crippen LogP contribution >= 0.6 is 0 Å². The smallest absolute Gasteiger partial charge is 0.290 e. The third kappa shape index (κ3) is 2.88. The van der Waals surface area contributed by atoms with E-state index in [1.165, 1.54) is 6.92 Å². The van der Waals surface area contributed by atoms with E-state index in [9.17, 15) is 14.7 Å². The van der Waals surface area contributed by atoms with Gasteiger partial charge in [0.2, 0.25) is 5.43 Å². The average molecular weight is 308 g/mol. The second kappa shape index (κ2) is 6.08. The number of para-hydroxylation sites is 1. The molecule has 4 nitrogen and oxygen atoms in total. The number of rotatable bonds is 4. The van der Waals surface area contributed by atoms with Crippen LogP contribution in [0.15, 0.2) is 63.8 Å². The van der Waals surface area contributed by atoms with Crippen LogP contribution in [0.2, 0.25) is 0 Å². The van der Waals surface area contributed by atoms with Crippen molar-refractivity contribution in [3.05, 3.63) is 75.9 Å². The highest BCUT2D eigenvalue weighted by Crippen LogP contribution is 2.33. The van der Waals surface area contributed by atoms with Crippen LogP contribution in [-0.4, -0.2) is 10.9 Å². The van der Waals surface area contributed by atoms with E-state index in [0.717, 1.165) is 5.56 Å². The zero-order valence-electron chi connectivity index (χ0n) is 12.7.